The van der Waals surface area contributed by atoms with Crippen molar-refractivity contribution in [2.45, 2.75) is 26.8 Å². The minimum Gasteiger partial charge on any atom is -0.453 e. The van der Waals surface area contributed by atoms with Gasteiger partial charge in [0.1, 0.15) is 11.0 Å². The average Bonchev–Trinajstić information content (AvgIpc) is 3.01. The Morgan fingerprint density at radius 1 is 1.10 bits per heavy atom. The van der Waals surface area contributed by atoms with Crippen molar-refractivity contribution in [3.8, 4) is 0 Å². The monoisotopic (exact) mass is 448 g/mol. The number of Topliss-reactive ketones (excluding diaryl/α,β-unsaturated/α-hetero) is 1. The molecule has 0 aliphatic rings. The van der Waals surface area contributed by atoms with Gasteiger partial charge in [0.15, 0.2) is 12.3 Å². The fraction of sp³-hybridized carbons (Fsp3) is 0.227. The Morgan fingerprint density at radius 3 is 2.50 bits per heavy atom. The van der Waals surface area contributed by atoms with Gasteiger partial charge in [0.25, 0.3) is 0 Å². The number of esters is 1. The maximum Gasteiger partial charge on any atom is 0.359 e. The molecule has 3 aromatic rings. The normalized spacial score (nSPS) is 10.8. The molecule has 0 N–H and O–H groups in total. The summed E-state index contributed by atoms with van der Waals surface area (Å²) in [5.41, 5.74) is 3.02. The van der Waals surface area contributed by atoms with E-state index in [1.807, 2.05) is 18.4 Å². The molecule has 3 rings (SSSR count). The molecule has 5 nitrogen and oxygen atoms in total. The second kappa shape index (κ2) is 9.41. The predicted molar refractivity (Wildman–Crippen MR) is 113 cm³/mol. The quantitative estimate of drug-likeness (QED) is 0.282. The molecule has 30 heavy (non-hydrogen) atoms. The molecule has 1 aromatic carbocycles. The Bertz CT molecular complexity index is 1090. The highest BCUT2D eigenvalue weighted by Gasteiger charge is 2.20. The van der Waals surface area contributed by atoms with E-state index < -0.39 is 12.6 Å². The van der Waals surface area contributed by atoms with Gasteiger partial charge >= 0.3 is 5.97 Å². The van der Waals surface area contributed by atoms with Gasteiger partial charge in [-0.15, -0.1) is 0 Å². The topological polar surface area (TPSA) is 61.2 Å². The molecular weight excluding hydrogens is 430 g/mol. The maximum atomic E-state index is 13.1. The number of rotatable bonds is 7. The molecule has 0 atom stereocenters. The maximum absolute atomic E-state index is 13.1. The lowest BCUT2D eigenvalue weighted by molar-refractivity contribution is 0.0469. The summed E-state index contributed by atoms with van der Waals surface area (Å²) in [6.07, 6.45) is 0.693. The van der Waals surface area contributed by atoms with Gasteiger partial charge in [-0.25, -0.2) is 14.2 Å². The van der Waals surface area contributed by atoms with Crippen LogP contribution in [0.2, 0.25) is 10.2 Å². The number of benzene rings is 1. The Morgan fingerprint density at radius 2 is 1.80 bits per heavy atom. The lowest BCUT2D eigenvalue weighted by atomic mass is 10.1. The second-order valence-electron chi connectivity index (χ2n) is 6.78. The molecule has 0 unspecified atom stereocenters. The number of pyridine rings is 1. The first kappa shape index (κ1) is 22.0. The summed E-state index contributed by atoms with van der Waals surface area (Å²) < 4.78 is 20.1. The van der Waals surface area contributed by atoms with Crippen molar-refractivity contribution in [1.29, 1.82) is 0 Å². The number of aromatic nitrogens is 2. The fourth-order valence-corrected chi connectivity index (χ4v) is 3.49. The summed E-state index contributed by atoms with van der Waals surface area (Å²) in [5, 5.41) is 0.193. The highest BCUT2D eigenvalue weighted by atomic mass is 35.5. The zero-order valence-electron chi connectivity index (χ0n) is 16.4. The van der Waals surface area contributed by atoms with E-state index in [0.29, 0.717) is 18.5 Å². The minimum absolute atomic E-state index is 0.0934. The summed E-state index contributed by atoms with van der Waals surface area (Å²) in [6, 6.07) is 11.0. The van der Waals surface area contributed by atoms with Crippen LogP contribution in [0.3, 0.4) is 0 Å². The molecule has 0 saturated heterocycles. The Balaban J connectivity index is 1.66. The van der Waals surface area contributed by atoms with Crippen molar-refractivity contribution in [2.75, 3.05) is 6.61 Å². The Labute approximate surface area is 183 Å². The largest absolute Gasteiger partial charge is 0.453 e. The van der Waals surface area contributed by atoms with Gasteiger partial charge in [-0.1, -0.05) is 35.3 Å². The molecule has 156 valence electrons. The van der Waals surface area contributed by atoms with Crippen molar-refractivity contribution < 1.29 is 18.7 Å². The standard InChI is InChI=1S/C22H19Cl2FN2O3/c1-13-11-17(14(2)27(13)10-9-15-3-5-16(25)6-4-15)19(28)12-30-22(29)21-18(23)7-8-20(24)26-21/h3-8,11H,9-10,12H2,1-2H3. The summed E-state index contributed by atoms with van der Waals surface area (Å²) in [5.74, 6) is -1.42. The van der Waals surface area contributed by atoms with Crippen LogP contribution in [0.5, 0.6) is 0 Å². The molecule has 0 aliphatic heterocycles. The van der Waals surface area contributed by atoms with Gasteiger partial charge in [0.05, 0.1) is 5.02 Å². The van der Waals surface area contributed by atoms with Gasteiger partial charge in [-0.2, -0.15) is 0 Å². The van der Waals surface area contributed by atoms with Crippen LogP contribution in [-0.2, 0) is 17.7 Å². The van der Waals surface area contributed by atoms with Crippen LogP contribution in [0.15, 0.2) is 42.5 Å². The molecular formula is C22H19Cl2FN2O3. The van der Waals surface area contributed by atoms with E-state index >= 15 is 0 Å². The van der Waals surface area contributed by atoms with Crippen LogP contribution >= 0.6 is 23.2 Å². The molecule has 0 spiro atoms. The number of ether oxygens (including phenoxy) is 1. The smallest absolute Gasteiger partial charge is 0.359 e. The lowest BCUT2D eigenvalue weighted by Gasteiger charge is -2.10. The number of carbonyl (C=O) groups excluding carboxylic acids is 2. The third-order valence-corrected chi connectivity index (χ3v) is 5.27. The molecule has 0 saturated carbocycles. The van der Waals surface area contributed by atoms with E-state index in [-0.39, 0.29) is 27.5 Å². The Kier molecular flexibility index (Phi) is 6.90. The van der Waals surface area contributed by atoms with Crippen LogP contribution in [0.25, 0.3) is 0 Å². The SMILES string of the molecule is Cc1cc(C(=O)COC(=O)c2nc(Cl)ccc2Cl)c(C)n1CCc1ccc(F)cc1. The number of hydrogen-bond acceptors (Lipinski definition) is 4. The van der Waals surface area contributed by atoms with Gasteiger partial charge in [-0.3, -0.25) is 4.79 Å². The van der Waals surface area contributed by atoms with E-state index in [1.165, 1.54) is 24.3 Å². The van der Waals surface area contributed by atoms with Crippen LogP contribution in [-0.4, -0.2) is 27.9 Å². The van der Waals surface area contributed by atoms with Crippen molar-refractivity contribution in [3.63, 3.8) is 0 Å². The number of carbonyl (C=O) groups is 2. The Hall–Kier alpha value is -2.70. The van der Waals surface area contributed by atoms with Gasteiger partial charge in [0, 0.05) is 23.5 Å². The van der Waals surface area contributed by atoms with E-state index in [2.05, 4.69) is 4.98 Å². The van der Waals surface area contributed by atoms with Crippen LogP contribution in [0.1, 0.15) is 37.8 Å². The molecule has 2 heterocycles. The predicted octanol–water partition coefficient (Wildman–Crippen LogP) is 5.23. The van der Waals surface area contributed by atoms with Crippen LogP contribution in [0.4, 0.5) is 4.39 Å². The summed E-state index contributed by atoms with van der Waals surface area (Å²) >= 11 is 11.7. The van der Waals surface area contributed by atoms with Crippen LogP contribution < -0.4 is 0 Å². The third kappa shape index (κ3) is 5.07. The third-order valence-electron chi connectivity index (χ3n) is 4.75. The molecule has 0 aliphatic carbocycles. The number of aryl methyl sites for hydroxylation is 2. The summed E-state index contributed by atoms with van der Waals surface area (Å²) in [7, 11) is 0. The van der Waals surface area contributed by atoms with Crippen molar-refractivity contribution in [3.05, 3.63) is 86.7 Å². The molecule has 2 aromatic heterocycles. The zero-order chi connectivity index (χ0) is 21.8. The molecule has 0 bridgehead atoms. The van der Waals surface area contributed by atoms with E-state index in [0.717, 1.165) is 17.0 Å². The number of hydrogen-bond donors (Lipinski definition) is 0. The highest BCUT2D eigenvalue weighted by Crippen LogP contribution is 2.19. The van der Waals surface area contributed by atoms with Crippen molar-refractivity contribution >= 4 is 35.0 Å². The van der Waals surface area contributed by atoms with E-state index in [9.17, 15) is 14.0 Å². The average molecular weight is 449 g/mol. The molecule has 0 radical (unpaired) electrons. The summed E-state index contributed by atoms with van der Waals surface area (Å²) in [6.45, 7) is 3.93. The van der Waals surface area contributed by atoms with Crippen molar-refractivity contribution in [1.82, 2.24) is 9.55 Å². The lowest BCUT2D eigenvalue weighted by Crippen LogP contribution is -2.16. The number of halogens is 3. The van der Waals surface area contributed by atoms with Crippen LogP contribution in [0, 0.1) is 19.7 Å². The second-order valence-corrected chi connectivity index (χ2v) is 7.57. The highest BCUT2D eigenvalue weighted by molar-refractivity contribution is 6.34. The first-order valence-electron chi connectivity index (χ1n) is 9.20. The number of nitrogens with zero attached hydrogens (tertiary/aromatic N) is 2. The van der Waals surface area contributed by atoms with Gasteiger partial charge in [0.2, 0.25) is 5.78 Å². The first-order valence-corrected chi connectivity index (χ1v) is 9.95. The molecule has 0 fully saturated rings. The minimum atomic E-state index is -0.819. The van der Waals surface area contributed by atoms with Gasteiger partial charge in [-0.05, 0) is 56.2 Å². The number of ketones is 1. The first-order chi connectivity index (χ1) is 14.3. The van der Waals surface area contributed by atoms with E-state index in [1.54, 1.807) is 18.2 Å². The van der Waals surface area contributed by atoms with Gasteiger partial charge < -0.3 is 9.30 Å². The summed E-state index contributed by atoms with van der Waals surface area (Å²) in [4.78, 5) is 28.6. The van der Waals surface area contributed by atoms with Crippen molar-refractivity contribution in [2.24, 2.45) is 0 Å². The molecule has 8 heteroatoms. The zero-order valence-corrected chi connectivity index (χ0v) is 17.9. The van der Waals surface area contributed by atoms with E-state index in [4.69, 9.17) is 27.9 Å². The fourth-order valence-electron chi connectivity index (χ4n) is 3.16. The molecule has 0 amide bonds.